The van der Waals surface area contributed by atoms with Gasteiger partial charge < -0.3 is 5.32 Å². The first-order chi connectivity index (χ1) is 8.28. The van der Waals surface area contributed by atoms with E-state index in [-0.39, 0.29) is 11.9 Å². The zero-order chi connectivity index (χ0) is 11.8. The van der Waals surface area contributed by atoms with Gasteiger partial charge in [0.05, 0.1) is 5.69 Å². The van der Waals surface area contributed by atoms with Crippen molar-refractivity contribution in [3.05, 3.63) is 11.9 Å². The summed E-state index contributed by atoms with van der Waals surface area (Å²) in [5.41, 5.74) is 1.05. The third kappa shape index (κ3) is 2.33. The van der Waals surface area contributed by atoms with Gasteiger partial charge >= 0.3 is 0 Å². The molecule has 3 rings (SSSR count). The molecule has 5 heteroatoms. The summed E-state index contributed by atoms with van der Waals surface area (Å²) >= 11 is 0. The van der Waals surface area contributed by atoms with Crippen molar-refractivity contribution < 1.29 is 4.79 Å². The first-order valence-corrected chi connectivity index (χ1v) is 6.41. The van der Waals surface area contributed by atoms with E-state index in [1.165, 1.54) is 25.7 Å². The zero-order valence-corrected chi connectivity index (χ0v) is 10.1. The molecule has 0 radical (unpaired) electrons. The average molecular weight is 234 g/mol. The minimum absolute atomic E-state index is 0.0455. The molecule has 2 aliphatic rings. The normalized spacial score (nSPS) is 21.2. The van der Waals surface area contributed by atoms with Crippen molar-refractivity contribution in [2.24, 2.45) is 5.92 Å². The minimum Gasteiger partial charge on any atom is -0.357 e. The van der Waals surface area contributed by atoms with E-state index < -0.39 is 0 Å². The Morgan fingerprint density at radius 2 is 2.29 bits per heavy atom. The van der Waals surface area contributed by atoms with Gasteiger partial charge in [-0.05, 0) is 25.2 Å². The SMILES string of the molecule is CNC(=O)C(CC1CC1)n1cc(C2CC2)nn1. The van der Waals surface area contributed by atoms with Crippen molar-refractivity contribution in [1.82, 2.24) is 20.3 Å². The second-order valence-corrected chi connectivity index (χ2v) is 5.21. The molecule has 1 aromatic rings. The summed E-state index contributed by atoms with van der Waals surface area (Å²) in [5, 5.41) is 11.0. The average Bonchev–Trinajstić information content (AvgIpc) is 3.26. The van der Waals surface area contributed by atoms with E-state index in [2.05, 4.69) is 15.6 Å². The van der Waals surface area contributed by atoms with Gasteiger partial charge in [-0.2, -0.15) is 0 Å². The zero-order valence-electron chi connectivity index (χ0n) is 10.1. The number of carbonyl (C=O) groups is 1. The molecule has 1 N–H and O–H groups in total. The molecule has 1 amide bonds. The molecule has 0 bridgehead atoms. The molecule has 0 saturated heterocycles. The number of amides is 1. The fraction of sp³-hybridized carbons (Fsp3) is 0.750. The van der Waals surface area contributed by atoms with E-state index in [9.17, 15) is 4.79 Å². The maximum absolute atomic E-state index is 11.9. The number of likely N-dealkylation sites (N-methyl/N-ethyl adjacent to an activating group) is 1. The molecule has 2 saturated carbocycles. The summed E-state index contributed by atoms with van der Waals surface area (Å²) in [4.78, 5) is 11.9. The van der Waals surface area contributed by atoms with Crippen LogP contribution in [0, 0.1) is 5.92 Å². The molecule has 2 fully saturated rings. The maximum Gasteiger partial charge on any atom is 0.244 e. The Labute approximate surface area is 101 Å². The van der Waals surface area contributed by atoms with Crippen LogP contribution in [0.15, 0.2) is 6.20 Å². The fourth-order valence-corrected chi connectivity index (χ4v) is 2.18. The van der Waals surface area contributed by atoms with Crippen LogP contribution in [0.3, 0.4) is 0 Å². The number of carbonyl (C=O) groups excluding carboxylic acids is 1. The lowest BCUT2D eigenvalue weighted by Crippen LogP contribution is -2.30. The standard InChI is InChI=1S/C12H18N4O/c1-13-12(17)11(6-8-2-3-8)16-7-10(14-15-16)9-4-5-9/h7-9,11H,2-6H2,1H3,(H,13,17). The number of nitrogens with one attached hydrogen (secondary N) is 1. The number of aromatic nitrogens is 3. The Bertz CT molecular complexity index is 420. The molecule has 1 aromatic heterocycles. The number of hydrogen-bond donors (Lipinski definition) is 1. The van der Waals surface area contributed by atoms with Crippen LogP contribution >= 0.6 is 0 Å². The van der Waals surface area contributed by atoms with Crippen LogP contribution in [0.1, 0.15) is 49.8 Å². The van der Waals surface area contributed by atoms with Gasteiger partial charge in [0.1, 0.15) is 6.04 Å². The molecule has 0 spiro atoms. The molecular formula is C12H18N4O. The Kier molecular flexibility index (Phi) is 2.61. The highest BCUT2D eigenvalue weighted by atomic mass is 16.2. The van der Waals surface area contributed by atoms with Gasteiger partial charge in [0.15, 0.2) is 0 Å². The Hall–Kier alpha value is -1.39. The number of nitrogens with zero attached hydrogens (tertiary/aromatic N) is 3. The van der Waals surface area contributed by atoms with Gasteiger partial charge in [-0.25, -0.2) is 4.68 Å². The van der Waals surface area contributed by atoms with Crippen LogP contribution in [-0.4, -0.2) is 27.9 Å². The second-order valence-electron chi connectivity index (χ2n) is 5.21. The van der Waals surface area contributed by atoms with Crippen molar-refractivity contribution in [2.75, 3.05) is 7.05 Å². The van der Waals surface area contributed by atoms with Gasteiger partial charge in [-0.1, -0.05) is 18.1 Å². The first kappa shape index (κ1) is 10.7. The van der Waals surface area contributed by atoms with E-state index >= 15 is 0 Å². The van der Waals surface area contributed by atoms with Crippen molar-refractivity contribution in [2.45, 2.75) is 44.1 Å². The van der Waals surface area contributed by atoms with Crippen LogP contribution < -0.4 is 5.32 Å². The Morgan fingerprint density at radius 3 is 2.88 bits per heavy atom. The van der Waals surface area contributed by atoms with Gasteiger partial charge in [0, 0.05) is 19.2 Å². The molecule has 1 atom stereocenters. The molecule has 0 aliphatic heterocycles. The second kappa shape index (κ2) is 4.13. The maximum atomic E-state index is 11.9. The van der Waals surface area contributed by atoms with Crippen LogP contribution in [0.4, 0.5) is 0 Å². The van der Waals surface area contributed by atoms with Gasteiger partial charge in [-0.3, -0.25) is 4.79 Å². The van der Waals surface area contributed by atoms with Crippen molar-refractivity contribution in [3.63, 3.8) is 0 Å². The summed E-state index contributed by atoms with van der Waals surface area (Å²) in [6.45, 7) is 0. The molecule has 2 aliphatic carbocycles. The van der Waals surface area contributed by atoms with Gasteiger partial charge in [0.25, 0.3) is 0 Å². The molecular weight excluding hydrogens is 216 g/mol. The lowest BCUT2D eigenvalue weighted by Gasteiger charge is -2.14. The van der Waals surface area contributed by atoms with E-state index in [4.69, 9.17) is 0 Å². The summed E-state index contributed by atoms with van der Waals surface area (Å²) in [7, 11) is 1.68. The predicted octanol–water partition coefficient (Wildman–Crippen LogP) is 1.24. The van der Waals surface area contributed by atoms with Crippen molar-refractivity contribution in [1.29, 1.82) is 0 Å². The lowest BCUT2D eigenvalue weighted by atomic mass is 10.1. The van der Waals surface area contributed by atoms with Crippen LogP contribution in [0.25, 0.3) is 0 Å². The summed E-state index contributed by atoms with van der Waals surface area (Å²) < 4.78 is 1.75. The predicted molar refractivity (Wildman–Crippen MR) is 62.4 cm³/mol. The highest BCUT2D eigenvalue weighted by molar-refractivity contribution is 5.79. The monoisotopic (exact) mass is 234 g/mol. The summed E-state index contributed by atoms with van der Waals surface area (Å²) in [6, 6.07) is -0.174. The fourth-order valence-electron chi connectivity index (χ4n) is 2.18. The number of hydrogen-bond acceptors (Lipinski definition) is 3. The molecule has 92 valence electrons. The highest BCUT2D eigenvalue weighted by Gasteiger charge is 2.32. The topological polar surface area (TPSA) is 59.8 Å². The van der Waals surface area contributed by atoms with E-state index in [0.29, 0.717) is 11.8 Å². The molecule has 1 unspecified atom stereocenters. The quantitative estimate of drug-likeness (QED) is 0.834. The molecule has 1 heterocycles. The van der Waals surface area contributed by atoms with Gasteiger partial charge in [-0.15, -0.1) is 5.10 Å². The lowest BCUT2D eigenvalue weighted by molar-refractivity contribution is -0.124. The van der Waals surface area contributed by atoms with E-state index in [0.717, 1.165) is 12.1 Å². The Morgan fingerprint density at radius 1 is 1.53 bits per heavy atom. The first-order valence-electron chi connectivity index (χ1n) is 6.41. The highest BCUT2D eigenvalue weighted by Crippen LogP contribution is 2.40. The van der Waals surface area contributed by atoms with Crippen molar-refractivity contribution in [3.8, 4) is 0 Å². The smallest absolute Gasteiger partial charge is 0.244 e. The summed E-state index contributed by atoms with van der Waals surface area (Å²) in [6.07, 6.45) is 7.78. The molecule has 0 aromatic carbocycles. The molecule has 5 nitrogen and oxygen atoms in total. The largest absolute Gasteiger partial charge is 0.357 e. The van der Waals surface area contributed by atoms with Crippen LogP contribution in [0.2, 0.25) is 0 Å². The van der Waals surface area contributed by atoms with E-state index in [1.54, 1.807) is 11.7 Å². The Balaban J connectivity index is 1.76. The minimum atomic E-state index is -0.174. The van der Waals surface area contributed by atoms with Crippen LogP contribution in [-0.2, 0) is 4.79 Å². The van der Waals surface area contributed by atoms with Gasteiger partial charge in [0.2, 0.25) is 5.91 Å². The van der Waals surface area contributed by atoms with E-state index in [1.807, 2.05) is 6.20 Å². The number of rotatable bonds is 5. The third-order valence-electron chi connectivity index (χ3n) is 3.65. The third-order valence-corrected chi connectivity index (χ3v) is 3.65. The molecule has 17 heavy (non-hydrogen) atoms. The van der Waals surface area contributed by atoms with Crippen molar-refractivity contribution >= 4 is 5.91 Å². The van der Waals surface area contributed by atoms with Crippen LogP contribution in [0.5, 0.6) is 0 Å². The summed E-state index contributed by atoms with van der Waals surface area (Å²) in [5.74, 6) is 1.34.